The topological polar surface area (TPSA) is 61.4 Å². The first-order valence-electron chi connectivity index (χ1n) is 6.46. The largest absolute Gasteiger partial charge is 0.392 e. The van der Waals surface area contributed by atoms with E-state index >= 15 is 0 Å². The van der Waals surface area contributed by atoms with E-state index in [0.717, 1.165) is 38.6 Å². The average Bonchev–Trinajstić information content (AvgIpc) is 3.10. The lowest BCUT2D eigenvalue weighted by Crippen LogP contribution is -2.45. The van der Waals surface area contributed by atoms with Gasteiger partial charge in [-0.25, -0.2) is 0 Å². The van der Waals surface area contributed by atoms with Crippen molar-refractivity contribution in [2.75, 3.05) is 13.1 Å². The first-order chi connectivity index (χ1) is 7.77. The number of carbonyl (C=O) groups excluding carboxylic acids is 1. The van der Waals surface area contributed by atoms with Crippen molar-refractivity contribution in [3.05, 3.63) is 0 Å². The zero-order valence-electron chi connectivity index (χ0n) is 9.74. The summed E-state index contributed by atoms with van der Waals surface area (Å²) in [6.45, 7) is 1.44. The lowest BCUT2D eigenvalue weighted by Gasteiger charge is -2.28. The quantitative estimate of drug-likeness (QED) is 0.595. The first kappa shape index (κ1) is 11.9. The third-order valence-corrected chi connectivity index (χ3v) is 3.51. The summed E-state index contributed by atoms with van der Waals surface area (Å²) in [5.41, 5.74) is 0. The molecule has 92 valence electrons. The summed E-state index contributed by atoms with van der Waals surface area (Å²) < 4.78 is 0. The SMILES string of the molecule is O=C(NCCN[C@@H]1CCCC[C@H]1O)C1CC1. The van der Waals surface area contributed by atoms with E-state index in [1.807, 2.05) is 0 Å². The highest BCUT2D eigenvalue weighted by atomic mass is 16.3. The number of hydrogen-bond acceptors (Lipinski definition) is 3. The lowest BCUT2D eigenvalue weighted by molar-refractivity contribution is -0.122. The van der Waals surface area contributed by atoms with Gasteiger partial charge >= 0.3 is 0 Å². The van der Waals surface area contributed by atoms with Gasteiger partial charge in [0.1, 0.15) is 0 Å². The van der Waals surface area contributed by atoms with E-state index in [9.17, 15) is 9.90 Å². The highest BCUT2D eigenvalue weighted by molar-refractivity contribution is 5.80. The second kappa shape index (κ2) is 5.64. The van der Waals surface area contributed by atoms with Gasteiger partial charge in [0.05, 0.1) is 6.10 Å². The monoisotopic (exact) mass is 226 g/mol. The molecule has 2 aliphatic carbocycles. The van der Waals surface area contributed by atoms with Crippen LogP contribution >= 0.6 is 0 Å². The van der Waals surface area contributed by atoms with Gasteiger partial charge in [-0.3, -0.25) is 4.79 Å². The molecular formula is C12H22N2O2. The van der Waals surface area contributed by atoms with Crippen LogP contribution in [-0.2, 0) is 4.79 Å². The van der Waals surface area contributed by atoms with Crippen LogP contribution < -0.4 is 10.6 Å². The van der Waals surface area contributed by atoms with Crippen LogP contribution in [0.25, 0.3) is 0 Å². The molecule has 3 N–H and O–H groups in total. The molecule has 0 aromatic carbocycles. The summed E-state index contributed by atoms with van der Waals surface area (Å²) in [5, 5.41) is 16.0. The zero-order chi connectivity index (χ0) is 11.4. The van der Waals surface area contributed by atoms with Crippen LogP contribution in [0.1, 0.15) is 38.5 Å². The van der Waals surface area contributed by atoms with E-state index in [4.69, 9.17) is 0 Å². The van der Waals surface area contributed by atoms with Crippen LogP contribution in [0.15, 0.2) is 0 Å². The fraction of sp³-hybridized carbons (Fsp3) is 0.917. The molecule has 0 aromatic rings. The van der Waals surface area contributed by atoms with E-state index in [-0.39, 0.29) is 18.1 Å². The Bertz CT molecular complexity index is 241. The Hall–Kier alpha value is -0.610. The summed E-state index contributed by atoms with van der Waals surface area (Å²) in [5.74, 6) is 0.492. The molecule has 0 bridgehead atoms. The molecule has 2 aliphatic rings. The average molecular weight is 226 g/mol. The molecule has 2 saturated carbocycles. The van der Waals surface area contributed by atoms with Crippen LogP contribution in [-0.4, -0.2) is 36.2 Å². The van der Waals surface area contributed by atoms with Gasteiger partial charge in [0.15, 0.2) is 0 Å². The van der Waals surface area contributed by atoms with Crippen LogP contribution in [0.2, 0.25) is 0 Å². The fourth-order valence-corrected chi connectivity index (χ4v) is 2.28. The summed E-state index contributed by atoms with van der Waals surface area (Å²) in [6.07, 6.45) is 6.21. The van der Waals surface area contributed by atoms with Gasteiger partial charge in [0, 0.05) is 25.0 Å². The van der Waals surface area contributed by atoms with Crippen molar-refractivity contribution in [1.82, 2.24) is 10.6 Å². The predicted octanol–water partition coefficient (Wildman–Crippen LogP) is 0.406. The first-order valence-corrected chi connectivity index (χ1v) is 6.46. The number of nitrogens with one attached hydrogen (secondary N) is 2. The number of amides is 1. The van der Waals surface area contributed by atoms with Crippen molar-refractivity contribution in [3.8, 4) is 0 Å². The number of hydrogen-bond donors (Lipinski definition) is 3. The van der Waals surface area contributed by atoms with Crippen LogP contribution in [0.4, 0.5) is 0 Å². The number of carbonyl (C=O) groups is 1. The molecule has 2 fully saturated rings. The molecule has 0 unspecified atom stereocenters. The van der Waals surface area contributed by atoms with Gasteiger partial charge in [-0.1, -0.05) is 12.8 Å². The molecule has 4 nitrogen and oxygen atoms in total. The normalized spacial score (nSPS) is 30.1. The minimum atomic E-state index is -0.201. The Morgan fingerprint density at radius 2 is 1.88 bits per heavy atom. The minimum Gasteiger partial charge on any atom is -0.392 e. The molecule has 16 heavy (non-hydrogen) atoms. The molecule has 2 rings (SSSR count). The van der Waals surface area contributed by atoms with Crippen LogP contribution in [0.5, 0.6) is 0 Å². The fourth-order valence-electron chi connectivity index (χ4n) is 2.28. The summed E-state index contributed by atoms with van der Waals surface area (Å²) in [4.78, 5) is 11.3. The van der Waals surface area contributed by atoms with Crippen LogP contribution in [0, 0.1) is 5.92 Å². The predicted molar refractivity (Wildman–Crippen MR) is 62.0 cm³/mol. The Morgan fingerprint density at radius 3 is 2.56 bits per heavy atom. The van der Waals surface area contributed by atoms with Gasteiger partial charge in [-0.15, -0.1) is 0 Å². The third-order valence-electron chi connectivity index (χ3n) is 3.51. The van der Waals surface area contributed by atoms with Crippen molar-refractivity contribution >= 4 is 5.91 Å². The minimum absolute atomic E-state index is 0.200. The van der Waals surface area contributed by atoms with Gasteiger partial charge in [-0.05, 0) is 25.7 Å². The maximum atomic E-state index is 11.3. The van der Waals surface area contributed by atoms with Gasteiger partial charge in [0.2, 0.25) is 5.91 Å². The molecule has 0 radical (unpaired) electrons. The van der Waals surface area contributed by atoms with E-state index < -0.39 is 0 Å². The smallest absolute Gasteiger partial charge is 0.223 e. The Kier molecular flexibility index (Phi) is 4.18. The van der Waals surface area contributed by atoms with E-state index in [1.165, 1.54) is 6.42 Å². The molecule has 0 aliphatic heterocycles. The van der Waals surface area contributed by atoms with Crippen molar-refractivity contribution < 1.29 is 9.90 Å². The van der Waals surface area contributed by atoms with Gasteiger partial charge in [0.25, 0.3) is 0 Å². The maximum absolute atomic E-state index is 11.3. The molecule has 4 heteroatoms. The second-order valence-corrected chi connectivity index (χ2v) is 4.98. The highest BCUT2D eigenvalue weighted by Gasteiger charge is 2.29. The number of rotatable bonds is 5. The van der Waals surface area contributed by atoms with Crippen molar-refractivity contribution in [1.29, 1.82) is 0 Å². The lowest BCUT2D eigenvalue weighted by atomic mass is 9.93. The Balaban J connectivity index is 1.54. The number of aliphatic hydroxyl groups is 1. The van der Waals surface area contributed by atoms with E-state index in [0.29, 0.717) is 12.5 Å². The summed E-state index contributed by atoms with van der Waals surface area (Å²) in [6, 6.07) is 0.228. The Morgan fingerprint density at radius 1 is 1.12 bits per heavy atom. The molecule has 0 saturated heterocycles. The molecule has 2 atom stereocenters. The molecule has 0 aromatic heterocycles. The Labute approximate surface area is 96.8 Å². The maximum Gasteiger partial charge on any atom is 0.223 e. The van der Waals surface area contributed by atoms with Crippen molar-refractivity contribution in [2.24, 2.45) is 5.92 Å². The van der Waals surface area contributed by atoms with Crippen molar-refractivity contribution in [2.45, 2.75) is 50.7 Å². The standard InChI is InChI=1S/C12H22N2O2/c15-11-4-2-1-3-10(11)13-7-8-14-12(16)9-5-6-9/h9-11,13,15H,1-8H2,(H,14,16)/t10-,11-/m1/s1. The zero-order valence-corrected chi connectivity index (χ0v) is 9.74. The molecule has 1 amide bonds. The summed E-state index contributed by atoms with van der Waals surface area (Å²) >= 11 is 0. The van der Waals surface area contributed by atoms with Gasteiger partial charge < -0.3 is 15.7 Å². The molecule has 0 spiro atoms. The summed E-state index contributed by atoms with van der Waals surface area (Å²) in [7, 11) is 0. The van der Waals surface area contributed by atoms with Crippen LogP contribution in [0.3, 0.4) is 0 Å². The second-order valence-electron chi connectivity index (χ2n) is 4.98. The highest BCUT2D eigenvalue weighted by Crippen LogP contribution is 2.28. The van der Waals surface area contributed by atoms with E-state index in [2.05, 4.69) is 10.6 Å². The van der Waals surface area contributed by atoms with Crippen molar-refractivity contribution in [3.63, 3.8) is 0 Å². The number of aliphatic hydroxyl groups excluding tert-OH is 1. The molecule has 0 heterocycles. The van der Waals surface area contributed by atoms with E-state index in [1.54, 1.807) is 0 Å². The van der Waals surface area contributed by atoms with Gasteiger partial charge in [-0.2, -0.15) is 0 Å². The molecular weight excluding hydrogens is 204 g/mol. The third kappa shape index (κ3) is 3.46.